The van der Waals surface area contributed by atoms with E-state index in [1.165, 1.54) is 12.4 Å². The number of rotatable bonds is 6. The number of alkyl halides is 3. The number of aromatic nitrogens is 5. The minimum atomic E-state index is -4.81. The van der Waals surface area contributed by atoms with Gasteiger partial charge in [-0.1, -0.05) is 12.1 Å². The average Bonchev–Trinajstić information content (AvgIpc) is 3.31. The second-order valence-electron chi connectivity index (χ2n) is 9.28. The maximum absolute atomic E-state index is 13.3. The van der Waals surface area contributed by atoms with Crippen molar-refractivity contribution in [2.24, 2.45) is 0 Å². The van der Waals surface area contributed by atoms with Crippen LogP contribution in [0.4, 0.5) is 13.2 Å². The number of pyridine rings is 3. The van der Waals surface area contributed by atoms with Gasteiger partial charge in [-0.3, -0.25) is 9.89 Å². The molecule has 0 fully saturated rings. The topological polar surface area (TPSA) is 99.7 Å². The Morgan fingerprint density at radius 1 is 1.10 bits per heavy atom. The summed E-state index contributed by atoms with van der Waals surface area (Å²) in [6, 6.07) is 10.9. The predicted octanol–water partition coefficient (Wildman–Crippen LogP) is 4.99. The van der Waals surface area contributed by atoms with Crippen molar-refractivity contribution in [2.75, 3.05) is 0 Å². The summed E-state index contributed by atoms with van der Waals surface area (Å²) in [4.78, 5) is 17.2. The SMILES string of the molecule is Cc1cc(-c2[nH]ncc2C)c2cccc(OCc3c(C)cc[n+]([O-])c3Cn3cccc(C(F)(F)F)c3=O)c2n1. The van der Waals surface area contributed by atoms with Crippen molar-refractivity contribution in [2.45, 2.75) is 40.1 Å². The number of nitrogens with zero attached hydrogens (tertiary/aromatic N) is 4. The van der Waals surface area contributed by atoms with E-state index in [9.17, 15) is 23.2 Å². The summed E-state index contributed by atoms with van der Waals surface area (Å²) < 4.78 is 47.4. The summed E-state index contributed by atoms with van der Waals surface area (Å²) >= 11 is 0. The third kappa shape index (κ3) is 4.95. The summed E-state index contributed by atoms with van der Waals surface area (Å²) in [6.07, 6.45) is -0.584. The van der Waals surface area contributed by atoms with Gasteiger partial charge in [-0.25, -0.2) is 4.98 Å². The van der Waals surface area contributed by atoms with E-state index < -0.39 is 17.3 Å². The molecule has 0 unspecified atom stereocenters. The Morgan fingerprint density at radius 2 is 1.90 bits per heavy atom. The number of hydrogen-bond acceptors (Lipinski definition) is 5. The molecule has 11 heteroatoms. The molecule has 0 atom stereocenters. The van der Waals surface area contributed by atoms with E-state index in [0.29, 0.717) is 27.1 Å². The van der Waals surface area contributed by atoms with Crippen molar-refractivity contribution >= 4 is 10.9 Å². The molecule has 39 heavy (non-hydrogen) atoms. The highest BCUT2D eigenvalue weighted by molar-refractivity contribution is 5.97. The Labute approximate surface area is 220 Å². The van der Waals surface area contributed by atoms with Gasteiger partial charge in [0.2, 0.25) is 5.69 Å². The van der Waals surface area contributed by atoms with Crippen LogP contribution in [0.25, 0.3) is 22.2 Å². The van der Waals surface area contributed by atoms with E-state index in [1.807, 2.05) is 32.0 Å². The van der Waals surface area contributed by atoms with Gasteiger partial charge >= 0.3 is 6.18 Å². The van der Waals surface area contributed by atoms with Gasteiger partial charge < -0.3 is 14.5 Å². The van der Waals surface area contributed by atoms with Crippen LogP contribution in [0.2, 0.25) is 0 Å². The first-order valence-electron chi connectivity index (χ1n) is 12.0. The third-order valence-corrected chi connectivity index (χ3v) is 6.60. The van der Waals surface area contributed by atoms with Crippen LogP contribution in [-0.4, -0.2) is 19.7 Å². The lowest BCUT2D eigenvalue weighted by molar-refractivity contribution is -0.615. The van der Waals surface area contributed by atoms with Crippen LogP contribution >= 0.6 is 0 Å². The molecular formula is C28H24F3N5O3. The van der Waals surface area contributed by atoms with E-state index >= 15 is 0 Å². The van der Waals surface area contributed by atoms with Gasteiger partial charge in [-0.2, -0.15) is 23.0 Å². The van der Waals surface area contributed by atoms with Crippen LogP contribution in [0, 0.1) is 26.0 Å². The van der Waals surface area contributed by atoms with Gasteiger partial charge in [0.15, 0.2) is 6.20 Å². The molecule has 0 aliphatic carbocycles. The first-order valence-corrected chi connectivity index (χ1v) is 12.0. The molecule has 0 aliphatic heterocycles. The summed E-state index contributed by atoms with van der Waals surface area (Å²) in [5.74, 6) is 0.470. The predicted molar refractivity (Wildman–Crippen MR) is 138 cm³/mol. The first-order chi connectivity index (χ1) is 18.5. The van der Waals surface area contributed by atoms with Crippen LogP contribution < -0.4 is 15.0 Å². The fourth-order valence-electron chi connectivity index (χ4n) is 4.57. The lowest BCUT2D eigenvalue weighted by atomic mass is 10.0. The van der Waals surface area contributed by atoms with Gasteiger partial charge in [0.05, 0.1) is 17.5 Å². The fraction of sp³-hybridized carbons (Fsp3) is 0.214. The highest BCUT2D eigenvalue weighted by atomic mass is 19.4. The second-order valence-corrected chi connectivity index (χ2v) is 9.28. The average molecular weight is 536 g/mol. The van der Waals surface area contributed by atoms with Crippen LogP contribution in [0.15, 0.2) is 65.8 Å². The molecule has 200 valence electrons. The fourth-order valence-corrected chi connectivity index (χ4v) is 4.57. The number of aryl methyl sites for hydroxylation is 3. The molecule has 1 N–H and O–H groups in total. The number of fused-ring (bicyclic) bond motifs is 1. The smallest absolute Gasteiger partial charge is 0.421 e. The van der Waals surface area contributed by atoms with E-state index in [-0.39, 0.29) is 18.8 Å². The quantitative estimate of drug-likeness (QED) is 0.244. The number of para-hydroxylation sites is 1. The summed E-state index contributed by atoms with van der Waals surface area (Å²) in [6.45, 7) is 5.17. The third-order valence-electron chi connectivity index (χ3n) is 6.60. The molecule has 0 bridgehead atoms. The minimum Gasteiger partial charge on any atom is -0.618 e. The Balaban J connectivity index is 1.53. The molecule has 0 radical (unpaired) electrons. The molecule has 4 aromatic heterocycles. The maximum Gasteiger partial charge on any atom is 0.421 e. The summed E-state index contributed by atoms with van der Waals surface area (Å²) in [7, 11) is 0. The van der Waals surface area contributed by atoms with Crippen LogP contribution in [0.5, 0.6) is 5.75 Å². The molecule has 5 aromatic rings. The number of benzene rings is 1. The number of H-pyrrole nitrogens is 1. The Morgan fingerprint density at radius 3 is 2.62 bits per heavy atom. The second kappa shape index (κ2) is 9.90. The van der Waals surface area contributed by atoms with Crippen LogP contribution in [0.1, 0.15) is 33.6 Å². The largest absolute Gasteiger partial charge is 0.618 e. The van der Waals surface area contributed by atoms with E-state index in [1.54, 1.807) is 25.3 Å². The zero-order valence-corrected chi connectivity index (χ0v) is 21.3. The Bertz CT molecular complexity index is 1760. The van der Waals surface area contributed by atoms with Crippen LogP contribution in [-0.2, 0) is 19.3 Å². The lowest BCUT2D eigenvalue weighted by Gasteiger charge is -2.16. The molecule has 5 rings (SSSR count). The molecule has 4 heterocycles. The molecule has 0 aliphatic rings. The zero-order valence-electron chi connectivity index (χ0n) is 21.3. The number of halogens is 3. The zero-order chi connectivity index (χ0) is 27.9. The summed E-state index contributed by atoms with van der Waals surface area (Å²) in [5.41, 5.74) is 2.86. The molecule has 0 amide bonds. The van der Waals surface area contributed by atoms with Gasteiger partial charge in [0.25, 0.3) is 5.56 Å². The van der Waals surface area contributed by atoms with E-state index in [4.69, 9.17) is 4.74 Å². The van der Waals surface area contributed by atoms with Crippen LogP contribution in [0.3, 0.4) is 0 Å². The number of ether oxygens (including phenoxy) is 1. The maximum atomic E-state index is 13.3. The van der Waals surface area contributed by atoms with Gasteiger partial charge in [0.1, 0.15) is 30.0 Å². The number of nitrogens with one attached hydrogen (secondary N) is 1. The van der Waals surface area contributed by atoms with Crippen molar-refractivity contribution in [3.63, 3.8) is 0 Å². The normalized spacial score (nSPS) is 11.7. The lowest BCUT2D eigenvalue weighted by Crippen LogP contribution is -2.37. The van der Waals surface area contributed by atoms with Gasteiger partial charge in [-0.15, -0.1) is 0 Å². The molecule has 1 aromatic carbocycles. The van der Waals surface area contributed by atoms with Gasteiger partial charge in [-0.05, 0) is 56.2 Å². The molecule has 0 saturated heterocycles. The minimum absolute atomic E-state index is 0.0644. The molecule has 0 saturated carbocycles. The first kappa shape index (κ1) is 26.0. The Kier molecular flexibility index (Phi) is 6.59. The highest BCUT2D eigenvalue weighted by Crippen LogP contribution is 2.34. The standard InChI is InChI=1S/C28H24F3N5O3/c1-16-9-11-36(38)23(14-35-10-5-7-22(27(35)37)28(29,30)31)21(16)15-39-24-8-4-6-19-20(12-18(3)33-26(19)24)25-17(2)13-32-34-25/h4-13H,14-15H2,1-3H3,(H,32,34). The van der Waals surface area contributed by atoms with Crippen molar-refractivity contribution in [3.05, 3.63) is 110 Å². The molecule has 0 spiro atoms. The van der Waals surface area contributed by atoms with E-state index in [0.717, 1.165) is 44.6 Å². The number of hydrogen-bond donors (Lipinski definition) is 1. The summed E-state index contributed by atoms with van der Waals surface area (Å²) in [5, 5.41) is 20.8. The number of aromatic amines is 1. The van der Waals surface area contributed by atoms with Crippen molar-refractivity contribution in [1.82, 2.24) is 19.7 Å². The highest BCUT2D eigenvalue weighted by Gasteiger charge is 2.34. The van der Waals surface area contributed by atoms with Crippen molar-refractivity contribution < 1.29 is 22.6 Å². The van der Waals surface area contributed by atoms with Crippen molar-refractivity contribution in [1.29, 1.82) is 0 Å². The Hall–Kier alpha value is -4.67. The van der Waals surface area contributed by atoms with Crippen molar-refractivity contribution in [3.8, 4) is 17.0 Å². The molecule has 8 nitrogen and oxygen atoms in total. The monoisotopic (exact) mass is 535 g/mol. The van der Waals surface area contributed by atoms with E-state index in [2.05, 4.69) is 15.2 Å². The van der Waals surface area contributed by atoms with Gasteiger partial charge in [0, 0.05) is 28.9 Å². The molecular weight excluding hydrogens is 511 g/mol.